The van der Waals surface area contributed by atoms with Crippen LogP contribution in [0.5, 0.6) is 0 Å². The summed E-state index contributed by atoms with van der Waals surface area (Å²) in [6.45, 7) is 1.48. The van der Waals surface area contributed by atoms with Crippen LogP contribution in [0, 0.1) is 0 Å². The van der Waals surface area contributed by atoms with Gasteiger partial charge in [-0.05, 0) is 54.4 Å². The Hall–Kier alpha value is -1.03. The second kappa shape index (κ2) is 7.11. The first-order chi connectivity index (χ1) is 9.60. The highest BCUT2D eigenvalue weighted by atomic mass is 79.9. The van der Waals surface area contributed by atoms with Crippen molar-refractivity contribution >= 4 is 33.2 Å². The lowest BCUT2D eigenvalue weighted by atomic mass is 10.1. The largest absolute Gasteiger partial charge is 0.370 e. The van der Waals surface area contributed by atoms with Gasteiger partial charge in [0, 0.05) is 28.8 Å². The minimum absolute atomic E-state index is 0.624. The summed E-state index contributed by atoms with van der Waals surface area (Å²) in [5.41, 5.74) is 9.33. The van der Waals surface area contributed by atoms with Crippen LogP contribution in [0.1, 0.15) is 11.1 Å². The van der Waals surface area contributed by atoms with E-state index in [1.807, 2.05) is 12.1 Å². The SMILES string of the molecule is CN(Cc1ccc(Br)cc1)c1ccc(Cl)cc1CCN. The van der Waals surface area contributed by atoms with Gasteiger partial charge in [-0.25, -0.2) is 0 Å². The molecule has 2 nitrogen and oxygen atoms in total. The molecule has 0 aliphatic carbocycles. The predicted molar refractivity (Wildman–Crippen MR) is 90.5 cm³/mol. The van der Waals surface area contributed by atoms with Gasteiger partial charge in [0.05, 0.1) is 0 Å². The molecule has 0 aliphatic heterocycles. The van der Waals surface area contributed by atoms with Crippen LogP contribution < -0.4 is 10.6 Å². The molecule has 0 amide bonds. The first-order valence-corrected chi connectivity index (χ1v) is 7.71. The number of nitrogens with two attached hydrogens (primary N) is 1. The Morgan fingerprint density at radius 2 is 1.85 bits per heavy atom. The minimum atomic E-state index is 0.624. The Bertz CT molecular complexity index is 569. The molecule has 2 rings (SSSR count). The van der Waals surface area contributed by atoms with Crippen LogP contribution in [0.4, 0.5) is 5.69 Å². The number of hydrogen-bond donors (Lipinski definition) is 1. The van der Waals surface area contributed by atoms with Gasteiger partial charge in [0.2, 0.25) is 0 Å². The fourth-order valence-corrected chi connectivity index (χ4v) is 2.69. The molecule has 2 aromatic carbocycles. The maximum absolute atomic E-state index is 6.07. The molecule has 20 heavy (non-hydrogen) atoms. The van der Waals surface area contributed by atoms with Crippen molar-refractivity contribution in [1.29, 1.82) is 0 Å². The zero-order valence-corrected chi connectivity index (χ0v) is 13.8. The highest BCUT2D eigenvalue weighted by Gasteiger charge is 2.08. The minimum Gasteiger partial charge on any atom is -0.370 e. The predicted octanol–water partition coefficient (Wildman–Crippen LogP) is 4.24. The van der Waals surface area contributed by atoms with E-state index in [-0.39, 0.29) is 0 Å². The zero-order chi connectivity index (χ0) is 14.5. The van der Waals surface area contributed by atoms with Crippen LogP contribution in [-0.4, -0.2) is 13.6 Å². The van der Waals surface area contributed by atoms with Crippen molar-refractivity contribution in [1.82, 2.24) is 0 Å². The average molecular weight is 354 g/mol. The first kappa shape index (κ1) is 15.4. The molecule has 0 fully saturated rings. The normalized spacial score (nSPS) is 10.6. The third-order valence-electron chi connectivity index (χ3n) is 3.20. The number of rotatable bonds is 5. The second-order valence-corrected chi connectivity index (χ2v) is 6.15. The summed E-state index contributed by atoms with van der Waals surface area (Å²) < 4.78 is 1.10. The van der Waals surface area contributed by atoms with Crippen molar-refractivity contribution in [3.8, 4) is 0 Å². The standard InChI is InChI=1S/C16H18BrClN2/c1-20(11-12-2-4-14(17)5-3-12)16-7-6-15(18)10-13(16)8-9-19/h2-7,10H,8-9,11,19H2,1H3. The average Bonchev–Trinajstić information content (AvgIpc) is 2.42. The van der Waals surface area contributed by atoms with E-state index in [1.54, 1.807) is 0 Å². The Morgan fingerprint density at radius 1 is 1.15 bits per heavy atom. The van der Waals surface area contributed by atoms with Gasteiger partial charge in [0.25, 0.3) is 0 Å². The number of anilines is 1. The van der Waals surface area contributed by atoms with Gasteiger partial charge in [0.15, 0.2) is 0 Å². The number of halogens is 2. The molecule has 4 heteroatoms. The molecule has 0 radical (unpaired) electrons. The molecule has 106 valence electrons. The van der Waals surface area contributed by atoms with Crippen molar-refractivity contribution in [2.75, 3.05) is 18.5 Å². The third-order valence-corrected chi connectivity index (χ3v) is 3.96. The molecular weight excluding hydrogens is 336 g/mol. The summed E-state index contributed by atoms with van der Waals surface area (Å²) in [6, 6.07) is 14.4. The molecule has 0 heterocycles. The molecule has 0 spiro atoms. The highest BCUT2D eigenvalue weighted by Crippen LogP contribution is 2.25. The molecule has 0 atom stereocenters. The van der Waals surface area contributed by atoms with E-state index in [9.17, 15) is 0 Å². The summed E-state index contributed by atoms with van der Waals surface area (Å²) in [4.78, 5) is 2.23. The first-order valence-electron chi connectivity index (χ1n) is 6.54. The number of benzene rings is 2. The van der Waals surface area contributed by atoms with Crippen molar-refractivity contribution in [3.63, 3.8) is 0 Å². The Labute approximate surface area is 133 Å². The lowest BCUT2D eigenvalue weighted by Crippen LogP contribution is -2.19. The lowest BCUT2D eigenvalue weighted by molar-refractivity contribution is 0.892. The van der Waals surface area contributed by atoms with Crippen molar-refractivity contribution in [2.45, 2.75) is 13.0 Å². The summed E-state index contributed by atoms with van der Waals surface area (Å²) >= 11 is 9.52. The third kappa shape index (κ3) is 3.98. The summed E-state index contributed by atoms with van der Waals surface area (Å²) in [5, 5.41) is 0.759. The fourth-order valence-electron chi connectivity index (χ4n) is 2.23. The zero-order valence-electron chi connectivity index (χ0n) is 11.4. The highest BCUT2D eigenvalue weighted by molar-refractivity contribution is 9.10. The molecule has 0 unspecified atom stereocenters. The Kier molecular flexibility index (Phi) is 5.46. The second-order valence-electron chi connectivity index (χ2n) is 4.79. The van der Waals surface area contributed by atoms with Crippen LogP contribution >= 0.6 is 27.5 Å². The maximum Gasteiger partial charge on any atom is 0.0426 e. The topological polar surface area (TPSA) is 29.3 Å². The smallest absolute Gasteiger partial charge is 0.0426 e. The summed E-state index contributed by atoms with van der Waals surface area (Å²) in [6.07, 6.45) is 0.834. The quantitative estimate of drug-likeness (QED) is 0.871. The van der Waals surface area contributed by atoms with Gasteiger partial charge in [-0.2, -0.15) is 0 Å². The van der Waals surface area contributed by atoms with E-state index in [0.29, 0.717) is 6.54 Å². The monoisotopic (exact) mass is 352 g/mol. The molecule has 0 saturated heterocycles. The van der Waals surface area contributed by atoms with Crippen LogP contribution in [0.15, 0.2) is 46.9 Å². The van der Waals surface area contributed by atoms with E-state index in [4.69, 9.17) is 17.3 Å². The van der Waals surface area contributed by atoms with Crippen LogP contribution in [0.2, 0.25) is 5.02 Å². The van der Waals surface area contributed by atoms with Gasteiger partial charge in [0.1, 0.15) is 0 Å². The molecule has 0 aliphatic rings. The van der Waals surface area contributed by atoms with Crippen LogP contribution in [0.25, 0.3) is 0 Å². The van der Waals surface area contributed by atoms with Crippen LogP contribution in [0.3, 0.4) is 0 Å². The molecule has 2 aromatic rings. The number of hydrogen-bond acceptors (Lipinski definition) is 2. The van der Waals surface area contributed by atoms with Crippen molar-refractivity contribution < 1.29 is 0 Å². The van der Waals surface area contributed by atoms with Crippen molar-refractivity contribution in [3.05, 3.63) is 63.1 Å². The summed E-state index contributed by atoms with van der Waals surface area (Å²) in [7, 11) is 2.09. The fraction of sp³-hybridized carbons (Fsp3) is 0.250. The summed E-state index contributed by atoms with van der Waals surface area (Å²) in [5.74, 6) is 0. The lowest BCUT2D eigenvalue weighted by Gasteiger charge is -2.23. The molecule has 0 bridgehead atoms. The van der Waals surface area contributed by atoms with Gasteiger partial charge < -0.3 is 10.6 Å². The Balaban J connectivity index is 2.19. The number of nitrogens with zero attached hydrogens (tertiary/aromatic N) is 1. The van der Waals surface area contributed by atoms with E-state index < -0.39 is 0 Å². The molecule has 0 aromatic heterocycles. The van der Waals surface area contributed by atoms with Crippen LogP contribution in [-0.2, 0) is 13.0 Å². The Morgan fingerprint density at radius 3 is 2.50 bits per heavy atom. The van der Waals surface area contributed by atoms with E-state index in [2.05, 4.69) is 58.2 Å². The van der Waals surface area contributed by atoms with Gasteiger partial charge in [-0.15, -0.1) is 0 Å². The molecule has 0 saturated carbocycles. The van der Waals surface area contributed by atoms with Gasteiger partial charge in [-0.3, -0.25) is 0 Å². The van der Waals surface area contributed by atoms with Gasteiger partial charge >= 0.3 is 0 Å². The molecule has 2 N–H and O–H groups in total. The van der Waals surface area contributed by atoms with Crippen molar-refractivity contribution in [2.24, 2.45) is 5.73 Å². The maximum atomic E-state index is 6.07. The molecular formula is C16H18BrClN2. The van der Waals surface area contributed by atoms with E-state index in [0.717, 1.165) is 22.5 Å². The van der Waals surface area contributed by atoms with E-state index in [1.165, 1.54) is 16.8 Å². The van der Waals surface area contributed by atoms with E-state index >= 15 is 0 Å². The van der Waals surface area contributed by atoms with Gasteiger partial charge in [-0.1, -0.05) is 39.7 Å².